The number of nitrogens with zero attached hydrogens (tertiary/aromatic N) is 2. The summed E-state index contributed by atoms with van der Waals surface area (Å²) in [6, 6.07) is 1.79. The SMILES string of the molecule is CC1CCCN1[SiH](C)C[SiH](C)N1CCCC1C. The van der Waals surface area contributed by atoms with Crippen LogP contribution in [-0.4, -0.2) is 52.2 Å². The van der Waals surface area contributed by atoms with Crippen molar-refractivity contribution < 1.29 is 0 Å². The quantitative estimate of drug-likeness (QED) is 0.723. The molecular formula is C13H30N2Si2. The van der Waals surface area contributed by atoms with Gasteiger partial charge in [0.1, 0.15) is 17.9 Å². The molecule has 0 spiro atoms. The fourth-order valence-corrected chi connectivity index (χ4v) is 13.4. The second-order valence-corrected chi connectivity index (χ2v) is 13.0. The summed E-state index contributed by atoms with van der Waals surface area (Å²) in [6.45, 7) is 12.9. The molecule has 2 rings (SSSR count). The van der Waals surface area contributed by atoms with Gasteiger partial charge in [-0.3, -0.25) is 0 Å². The van der Waals surface area contributed by atoms with Crippen molar-refractivity contribution >= 4 is 17.9 Å². The van der Waals surface area contributed by atoms with Crippen LogP contribution in [-0.2, 0) is 0 Å². The van der Waals surface area contributed by atoms with Crippen LogP contribution >= 0.6 is 0 Å². The van der Waals surface area contributed by atoms with Crippen molar-refractivity contribution in [2.75, 3.05) is 13.1 Å². The molecule has 0 amide bonds. The molecule has 4 heteroatoms. The predicted octanol–water partition coefficient (Wildman–Crippen LogP) is 2.20. The summed E-state index contributed by atoms with van der Waals surface area (Å²) >= 11 is 0. The van der Waals surface area contributed by atoms with Gasteiger partial charge in [-0.1, -0.05) is 26.9 Å². The highest BCUT2D eigenvalue weighted by Gasteiger charge is 2.31. The van der Waals surface area contributed by atoms with Crippen LogP contribution in [0.2, 0.25) is 18.8 Å². The monoisotopic (exact) mass is 270 g/mol. The first-order valence-electron chi connectivity index (χ1n) is 7.61. The van der Waals surface area contributed by atoms with Crippen molar-refractivity contribution in [3.05, 3.63) is 0 Å². The van der Waals surface area contributed by atoms with Crippen LogP contribution in [0.3, 0.4) is 0 Å². The summed E-state index contributed by atoms with van der Waals surface area (Å²) in [5.41, 5.74) is 1.62. The molecule has 0 bridgehead atoms. The van der Waals surface area contributed by atoms with E-state index in [0.717, 1.165) is 12.1 Å². The van der Waals surface area contributed by atoms with Crippen LogP contribution in [0, 0.1) is 0 Å². The van der Waals surface area contributed by atoms with E-state index in [1.54, 1.807) is 5.67 Å². The first-order chi connectivity index (χ1) is 8.09. The highest BCUT2D eigenvalue weighted by atomic mass is 28.3. The molecule has 2 aliphatic heterocycles. The van der Waals surface area contributed by atoms with Crippen LogP contribution in [0.25, 0.3) is 0 Å². The minimum absolute atomic E-state index is 0.600. The zero-order valence-electron chi connectivity index (χ0n) is 12.2. The second-order valence-electron chi connectivity index (χ2n) is 6.39. The minimum Gasteiger partial charge on any atom is -0.324 e. The molecule has 4 atom stereocenters. The van der Waals surface area contributed by atoms with E-state index >= 15 is 0 Å². The molecule has 100 valence electrons. The third-order valence-electron chi connectivity index (χ3n) is 5.02. The van der Waals surface area contributed by atoms with Crippen LogP contribution in [0.15, 0.2) is 0 Å². The first kappa shape index (κ1) is 13.8. The van der Waals surface area contributed by atoms with Gasteiger partial charge in [-0.2, -0.15) is 0 Å². The lowest BCUT2D eigenvalue weighted by Crippen LogP contribution is -2.47. The minimum atomic E-state index is -0.600. The van der Waals surface area contributed by atoms with E-state index in [1.807, 2.05) is 0 Å². The lowest BCUT2D eigenvalue weighted by Gasteiger charge is -2.33. The summed E-state index contributed by atoms with van der Waals surface area (Å²) in [5, 5.41) is 0. The van der Waals surface area contributed by atoms with Gasteiger partial charge in [0, 0.05) is 12.1 Å². The average Bonchev–Trinajstić information content (AvgIpc) is 2.86. The molecule has 2 aliphatic rings. The van der Waals surface area contributed by atoms with Gasteiger partial charge >= 0.3 is 0 Å². The molecule has 0 aromatic carbocycles. The van der Waals surface area contributed by atoms with Gasteiger partial charge in [0.15, 0.2) is 0 Å². The molecule has 0 saturated carbocycles. The van der Waals surface area contributed by atoms with Gasteiger partial charge in [0.05, 0.1) is 0 Å². The fraction of sp³-hybridized carbons (Fsp3) is 1.00. The lowest BCUT2D eigenvalue weighted by atomic mass is 10.3. The summed E-state index contributed by atoms with van der Waals surface area (Å²) in [5.74, 6) is 0. The molecule has 2 heterocycles. The van der Waals surface area contributed by atoms with Gasteiger partial charge in [-0.15, -0.1) is 0 Å². The van der Waals surface area contributed by atoms with E-state index in [-0.39, 0.29) is 0 Å². The highest BCUT2D eigenvalue weighted by molar-refractivity contribution is 6.73. The molecule has 0 aromatic heterocycles. The normalized spacial score (nSPS) is 35.3. The molecule has 17 heavy (non-hydrogen) atoms. The topological polar surface area (TPSA) is 6.48 Å². The van der Waals surface area contributed by atoms with Crippen molar-refractivity contribution in [3.8, 4) is 0 Å². The Labute approximate surface area is 111 Å². The van der Waals surface area contributed by atoms with Crippen molar-refractivity contribution in [2.45, 2.75) is 70.4 Å². The third-order valence-corrected chi connectivity index (χ3v) is 14.3. The van der Waals surface area contributed by atoms with E-state index in [4.69, 9.17) is 0 Å². The van der Waals surface area contributed by atoms with Crippen LogP contribution < -0.4 is 0 Å². The van der Waals surface area contributed by atoms with Crippen molar-refractivity contribution in [1.29, 1.82) is 0 Å². The van der Waals surface area contributed by atoms with E-state index in [0.29, 0.717) is 0 Å². The first-order valence-corrected chi connectivity index (χ1v) is 12.6. The standard InChI is InChI=1S/C13H30N2Si2/c1-12-7-5-9-14(12)16(3)11-17(4)15-10-6-8-13(15)2/h12-13,16-17H,5-11H2,1-4H3. The molecule has 0 aromatic rings. The number of hydrogen-bond acceptors (Lipinski definition) is 2. The van der Waals surface area contributed by atoms with Crippen LogP contribution in [0.1, 0.15) is 39.5 Å². The van der Waals surface area contributed by atoms with Crippen LogP contribution in [0.5, 0.6) is 0 Å². The molecule has 0 N–H and O–H groups in total. The Morgan fingerprint density at radius 1 is 0.882 bits per heavy atom. The molecule has 2 fully saturated rings. The Hall–Kier alpha value is 0.354. The fourth-order valence-electron chi connectivity index (χ4n) is 3.99. The Morgan fingerprint density at radius 2 is 1.29 bits per heavy atom. The third kappa shape index (κ3) is 3.22. The Balaban J connectivity index is 1.83. The summed E-state index contributed by atoms with van der Waals surface area (Å²) in [6.07, 6.45) is 5.81. The Morgan fingerprint density at radius 3 is 1.59 bits per heavy atom. The zero-order valence-corrected chi connectivity index (χ0v) is 14.5. The summed E-state index contributed by atoms with van der Waals surface area (Å²) in [4.78, 5) is 0. The van der Waals surface area contributed by atoms with Gasteiger partial charge < -0.3 is 9.13 Å². The van der Waals surface area contributed by atoms with Crippen molar-refractivity contribution in [2.24, 2.45) is 0 Å². The van der Waals surface area contributed by atoms with Gasteiger partial charge in [0.2, 0.25) is 0 Å². The molecule has 2 saturated heterocycles. The predicted molar refractivity (Wildman–Crippen MR) is 81.6 cm³/mol. The van der Waals surface area contributed by atoms with E-state index < -0.39 is 17.9 Å². The molecule has 0 radical (unpaired) electrons. The van der Waals surface area contributed by atoms with Gasteiger partial charge in [-0.05, 0) is 44.4 Å². The van der Waals surface area contributed by atoms with E-state index in [2.05, 4.69) is 36.1 Å². The van der Waals surface area contributed by atoms with Crippen molar-refractivity contribution in [1.82, 2.24) is 9.13 Å². The smallest absolute Gasteiger partial charge is 0.107 e. The van der Waals surface area contributed by atoms with Gasteiger partial charge in [-0.25, -0.2) is 0 Å². The molecule has 2 nitrogen and oxygen atoms in total. The number of rotatable bonds is 4. The summed E-state index contributed by atoms with van der Waals surface area (Å²) < 4.78 is 5.79. The van der Waals surface area contributed by atoms with Gasteiger partial charge in [0.25, 0.3) is 0 Å². The lowest BCUT2D eigenvalue weighted by molar-refractivity contribution is 0.419. The van der Waals surface area contributed by atoms with Crippen LogP contribution in [0.4, 0.5) is 0 Å². The molecule has 4 unspecified atom stereocenters. The van der Waals surface area contributed by atoms with E-state index in [9.17, 15) is 0 Å². The Kier molecular flexibility index (Phi) is 4.86. The van der Waals surface area contributed by atoms with Crippen molar-refractivity contribution in [3.63, 3.8) is 0 Å². The highest BCUT2D eigenvalue weighted by Crippen LogP contribution is 2.23. The second kappa shape index (κ2) is 6.00. The van der Waals surface area contributed by atoms with E-state index in [1.165, 1.54) is 38.8 Å². The maximum Gasteiger partial charge on any atom is 0.107 e. The zero-order chi connectivity index (χ0) is 12.4. The largest absolute Gasteiger partial charge is 0.324 e. The Bertz CT molecular complexity index is 226. The maximum absolute atomic E-state index is 2.89. The average molecular weight is 271 g/mol. The molecule has 0 aliphatic carbocycles. The summed E-state index contributed by atoms with van der Waals surface area (Å²) in [7, 11) is -1.20. The molecular weight excluding hydrogens is 240 g/mol. The number of hydrogen-bond donors (Lipinski definition) is 0. The maximum atomic E-state index is 2.89.